The Hall–Kier alpha value is -0.730. The third-order valence-electron chi connectivity index (χ3n) is 3.59. The maximum atomic E-state index is 6.06. The van der Waals surface area contributed by atoms with E-state index in [0.29, 0.717) is 0 Å². The van der Waals surface area contributed by atoms with Gasteiger partial charge in [0.2, 0.25) is 0 Å². The van der Waals surface area contributed by atoms with E-state index in [2.05, 4.69) is 13.8 Å². The van der Waals surface area contributed by atoms with Crippen LogP contribution in [0.25, 0.3) is 0 Å². The number of unbranched alkanes of at least 4 members (excludes halogenated alkanes) is 4. The van der Waals surface area contributed by atoms with E-state index in [0.717, 1.165) is 36.0 Å². The molecule has 19 heavy (non-hydrogen) atoms. The molecule has 2 nitrogen and oxygen atoms in total. The summed E-state index contributed by atoms with van der Waals surface area (Å²) in [5.74, 6) is 0.917. The molecule has 1 aliphatic rings. The molecule has 0 spiro atoms. The maximum absolute atomic E-state index is 6.06. The van der Waals surface area contributed by atoms with E-state index in [4.69, 9.17) is 21.1 Å². The lowest BCUT2D eigenvalue weighted by atomic mass is 10.0. The fourth-order valence-electron chi connectivity index (χ4n) is 2.19. The van der Waals surface area contributed by atoms with Crippen molar-refractivity contribution in [3.8, 4) is 5.75 Å². The molecule has 0 bridgehead atoms. The molecule has 0 aromatic heterocycles. The minimum Gasteiger partial charge on any atom is -0.493 e. The van der Waals surface area contributed by atoms with Gasteiger partial charge in [0.05, 0.1) is 13.2 Å². The van der Waals surface area contributed by atoms with Crippen molar-refractivity contribution < 1.29 is 9.47 Å². The van der Waals surface area contributed by atoms with Crippen LogP contribution in [0.4, 0.5) is 0 Å². The molecule has 1 atom stereocenters. The van der Waals surface area contributed by atoms with Crippen LogP contribution in [-0.2, 0) is 10.3 Å². The molecule has 0 radical (unpaired) electrons. The summed E-state index contributed by atoms with van der Waals surface area (Å²) in [6, 6.07) is 5.79. The van der Waals surface area contributed by atoms with Crippen LogP contribution in [-0.4, -0.2) is 13.2 Å². The highest BCUT2D eigenvalue weighted by Crippen LogP contribution is 2.43. The normalized spacial score (nSPS) is 21.4. The Balaban J connectivity index is 1.86. The second-order valence-corrected chi connectivity index (χ2v) is 5.86. The fourth-order valence-corrected chi connectivity index (χ4v) is 2.36. The van der Waals surface area contributed by atoms with E-state index in [9.17, 15) is 0 Å². The second kappa shape index (κ2) is 6.62. The van der Waals surface area contributed by atoms with Crippen molar-refractivity contribution in [1.82, 2.24) is 0 Å². The van der Waals surface area contributed by atoms with Crippen LogP contribution < -0.4 is 4.74 Å². The molecule has 1 fully saturated rings. The third kappa shape index (κ3) is 4.12. The minimum absolute atomic E-state index is 0.192. The van der Waals surface area contributed by atoms with Crippen molar-refractivity contribution in [2.45, 2.75) is 51.6 Å². The number of ether oxygens (including phenoxy) is 2. The summed E-state index contributed by atoms with van der Waals surface area (Å²) >= 11 is 6.06. The van der Waals surface area contributed by atoms with Gasteiger partial charge >= 0.3 is 0 Å². The molecule has 1 aliphatic heterocycles. The number of hydrogen-bond donors (Lipinski definition) is 0. The van der Waals surface area contributed by atoms with Crippen LogP contribution in [0.1, 0.15) is 51.5 Å². The van der Waals surface area contributed by atoms with Crippen LogP contribution >= 0.6 is 11.6 Å². The third-order valence-corrected chi connectivity index (χ3v) is 3.83. The van der Waals surface area contributed by atoms with Gasteiger partial charge in [-0.15, -0.1) is 0 Å². The van der Waals surface area contributed by atoms with Crippen molar-refractivity contribution in [1.29, 1.82) is 0 Å². The SMILES string of the molecule is CCCCCCCOc1ccc(Cl)cc1C1(C)CO1. The quantitative estimate of drug-likeness (QED) is 0.498. The summed E-state index contributed by atoms with van der Waals surface area (Å²) < 4.78 is 11.4. The average molecular weight is 283 g/mol. The molecule has 0 N–H and O–H groups in total. The lowest BCUT2D eigenvalue weighted by molar-refractivity contribution is 0.281. The molecule has 3 heteroatoms. The van der Waals surface area contributed by atoms with Gasteiger partial charge < -0.3 is 9.47 Å². The molecule has 0 saturated carbocycles. The van der Waals surface area contributed by atoms with E-state index in [1.54, 1.807) is 0 Å². The standard InChI is InChI=1S/C16H23ClO2/c1-3-4-5-6-7-10-18-15-9-8-13(17)11-14(15)16(2)12-19-16/h8-9,11H,3-7,10,12H2,1-2H3. The number of benzene rings is 1. The smallest absolute Gasteiger partial charge is 0.125 e. The highest BCUT2D eigenvalue weighted by atomic mass is 35.5. The molecule has 1 saturated heterocycles. The highest BCUT2D eigenvalue weighted by Gasteiger charge is 2.43. The zero-order valence-corrected chi connectivity index (χ0v) is 12.6. The Morgan fingerprint density at radius 3 is 2.68 bits per heavy atom. The predicted octanol–water partition coefficient (Wildman–Crippen LogP) is 4.93. The largest absolute Gasteiger partial charge is 0.493 e. The Morgan fingerprint density at radius 2 is 2.00 bits per heavy atom. The molecule has 106 valence electrons. The van der Waals surface area contributed by atoms with E-state index in [1.165, 1.54) is 25.7 Å². The van der Waals surface area contributed by atoms with Crippen molar-refractivity contribution in [3.63, 3.8) is 0 Å². The zero-order chi connectivity index (χ0) is 13.7. The number of hydrogen-bond acceptors (Lipinski definition) is 2. The predicted molar refractivity (Wildman–Crippen MR) is 79.0 cm³/mol. The monoisotopic (exact) mass is 282 g/mol. The van der Waals surface area contributed by atoms with Gasteiger partial charge in [-0.3, -0.25) is 0 Å². The van der Waals surface area contributed by atoms with E-state index >= 15 is 0 Å². The zero-order valence-electron chi connectivity index (χ0n) is 11.9. The summed E-state index contributed by atoms with van der Waals surface area (Å²) in [6.45, 7) is 5.83. The Bertz CT molecular complexity index is 413. The lowest BCUT2D eigenvalue weighted by Gasteiger charge is -2.14. The molecule has 1 aromatic rings. The summed E-state index contributed by atoms with van der Waals surface area (Å²) in [6.07, 6.45) is 6.24. The summed E-state index contributed by atoms with van der Waals surface area (Å²) in [7, 11) is 0. The van der Waals surface area contributed by atoms with Crippen LogP contribution in [0.5, 0.6) is 5.75 Å². The first kappa shape index (κ1) is 14.7. The van der Waals surface area contributed by atoms with Crippen molar-refractivity contribution in [2.75, 3.05) is 13.2 Å². The Labute approximate surface area is 121 Å². The molecular formula is C16H23ClO2. The molecule has 2 rings (SSSR count). The maximum Gasteiger partial charge on any atom is 0.125 e. The van der Waals surface area contributed by atoms with Crippen molar-refractivity contribution >= 4 is 11.6 Å². The summed E-state index contributed by atoms with van der Waals surface area (Å²) in [5, 5.41) is 0.738. The van der Waals surface area contributed by atoms with Gasteiger partial charge in [0, 0.05) is 10.6 Å². The van der Waals surface area contributed by atoms with E-state index in [1.807, 2.05) is 18.2 Å². The number of halogens is 1. The topological polar surface area (TPSA) is 21.8 Å². The van der Waals surface area contributed by atoms with Gasteiger partial charge in [0.1, 0.15) is 11.4 Å². The fraction of sp³-hybridized carbons (Fsp3) is 0.625. The second-order valence-electron chi connectivity index (χ2n) is 5.42. The van der Waals surface area contributed by atoms with Crippen LogP contribution in [0, 0.1) is 0 Å². The highest BCUT2D eigenvalue weighted by molar-refractivity contribution is 6.30. The van der Waals surface area contributed by atoms with Crippen LogP contribution in [0.2, 0.25) is 5.02 Å². The van der Waals surface area contributed by atoms with Crippen LogP contribution in [0.15, 0.2) is 18.2 Å². The Morgan fingerprint density at radius 1 is 1.26 bits per heavy atom. The van der Waals surface area contributed by atoms with Gasteiger partial charge in [-0.1, -0.05) is 44.2 Å². The van der Waals surface area contributed by atoms with Gasteiger partial charge in [0.25, 0.3) is 0 Å². The first-order valence-electron chi connectivity index (χ1n) is 7.22. The van der Waals surface area contributed by atoms with E-state index in [-0.39, 0.29) is 5.60 Å². The molecular weight excluding hydrogens is 260 g/mol. The van der Waals surface area contributed by atoms with Crippen LogP contribution in [0.3, 0.4) is 0 Å². The average Bonchev–Trinajstić information content (AvgIpc) is 3.14. The summed E-state index contributed by atoms with van der Waals surface area (Å²) in [4.78, 5) is 0. The first-order valence-corrected chi connectivity index (χ1v) is 7.60. The van der Waals surface area contributed by atoms with Crippen molar-refractivity contribution in [3.05, 3.63) is 28.8 Å². The van der Waals surface area contributed by atoms with Crippen molar-refractivity contribution in [2.24, 2.45) is 0 Å². The number of epoxide rings is 1. The van der Waals surface area contributed by atoms with Gasteiger partial charge in [-0.25, -0.2) is 0 Å². The summed E-state index contributed by atoms with van der Waals surface area (Å²) in [5.41, 5.74) is 0.885. The van der Waals surface area contributed by atoms with Gasteiger partial charge in [-0.2, -0.15) is 0 Å². The lowest BCUT2D eigenvalue weighted by Crippen LogP contribution is -2.07. The first-order chi connectivity index (χ1) is 9.15. The number of rotatable bonds is 8. The van der Waals surface area contributed by atoms with Gasteiger partial charge in [-0.05, 0) is 31.5 Å². The van der Waals surface area contributed by atoms with E-state index < -0.39 is 0 Å². The molecule has 1 unspecified atom stereocenters. The Kier molecular flexibility index (Phi) is 5.12. The molecule has 1 aromatic carbocycles. The van der Waals surface area contributed by atoms with Gasteiger partial charge in [0.15, 0.2) is 0 Å². The minimum atomic E-state index is -0.192. The molecule has 0 amide bonds. The molecule has 1 heterocycles. The molecule has 0 aliphatic carbocycles.